The molecule has 4 aliphatic rings. The van der Waals surface area contributed by atoms with E-state index in [1.807, 2.05) is 11.3 Å². The number of rotatable bonds is 3. The Bertz CT molecular complexity index is 487. The Morgan fingerprint density at radius 1 is 1.20 bits per heavy atom. The van der Waals surface area contributed by atoms with Crippen LogP contribution in [0.5, 0.6) is 0 Å². The van der Waals surface area contributed by atoms with E-state index in [-0.39, 0.29) is 0 Å². The van der Waals surface area contributed by atoms with Crippen LogP contribution in [0.3, 0.4) is 0 Å². The van der Waals surface area contributed by atoms with Gasteiger partial charge in [-0.3, -0.25) is 0 Å². The summed E-state index contributed by atoms with van der Waals surface area (Å²) >= 11 is 5.91. The zero-order chi connectivity index (χ0) is 14.0. The maximum absolute atomic E-state index is 4.00. The first kappa shape index (κ1) is 13.8. The Morgan fingerprint density at radius 3 is 2.45 bits per heavy atom. The van der Waals surface area contributed by atoms with Crippen molar-refractivity contribution in [2.45, 2.75) is 63.6 Å². The van der Waals surface area contributed by atoms with E-state index in [1.165, 1.54) is 49.8 Å². The quantitative estimate of drug-likeness (QED) is 0.539. The average Bonchev–Trinajstić information content (AvgIpc) is 2.75. The molecule has 1 heterocycles. The van der Waals surface area contributed by atoms with Crippen molar-refractivity contribution in [2.24, 2.45) is 22.2 Å². The van der Waals surface area contributed by atoms with Gasteiger partial charge in [0, 0.05) is 9.70 Å². The third-order valence-electron chi connectivity index (χ3n) is 6.21. The Hall–Kier alpha value is 0.180. The maximum atomic E-state index is 4.00. The molecule has 3 atom stereocenters. The molecular formula is C18H25BrS. The van der Waals surface area contributed by atoms with Crippen LogP contribution in [0.25, 0.3) is 0 Å². The minimum atomic E-state index is 0.575. The van der Waals surface area contributed by atoms with Crippen LogP contribution >= 0.6 is 27.3 Å². The van der Waals surface area contributed by atoms with E-state index in [0.717, 1.165) is 5.92 Å². The smallest absolute Gasteiger partial charge is 0.0494 e. The molecule has 0 N–H and O–H groups in total. The van der Waals surface area contributed by atoms with Crippen molar-refractivity contribution in [3.8, 4) is 0 Å². The molecule has 0 spiro atoms. The molecule has 0 saturated heterocycles. The Labute approximate surface area is 135 Å². The van der Waals surface area contributed by atoms with E-state index in [9.17, 15) is 0 Å². The molecule has 4 aliphatic carbocycles. The Kier molecular flexibility index (Phi) is 3.00. The number of hydrogen-bond donors (Lipinski definition) is 0. The summed E-state index contributed by atoms with van der Waals surface area (Å²) in [5.41, 5.74) is 1.92. The summed E-state index contributed by atoms with van der Waals surface area (Å²) in [5, 5.41) is 2.21. The van der Waals surface area contributed by atoms with E-state index < -0.39 is 0 Å². The lowest BCUT2D eigenvalue weighted by Crippen LogP contribution is -2.55. The first-order valence-electron chi connectivity index (χ1n) is 8.07. The minimum absolute atomic E-state index is 0.575. The fraction of sp³-hybridized carbons (Fsp3) is 0.778. The first-order valence-corrected chi connectivity index (χ1v) is 9.87. The molecule has 0 aliphatic heterocycles. The van der Waals surface area contributed by atoms with Crippen molar-refractivity contribution in [3.05, 3.63) is 22.4 Å². The van der Waals surface area contributed by atoms with Crippen molar-refractivity contribution in [1.82, 2.24) is 0 Å². The zero-order valence-corrected chi connectivity index (χ0v) is 15.0. The number of halogens is 1. The van der Waals surface area contributed by atoms with Gasteiger partial charge in [-0.1, -0.05) is 35.8 Å². The highest BCUT2D eigenvalue weighted by atomic mass is 79.9. The molecule has 1 aromatic heterocycles. The van der Waals surface area contributed by atoms with Gasteiger partial charge in [0.1, 0.15) is 0 Å². The Morgan fingerprint density at radius 2 is 1.90 bits per heavy atom. The average molecular weight is 353 g/mol. The number of thiophene rings is 1. The van der Waals surface area contributed by atoms with Crippen molar-refractivity contribution >= 4 is 27.3 Å². The summed E-state index contributed by atoms with van der Waals surface area (Å²) in [5.74, 6) is 1.02. The third-order valence-corrected chi connectivity index (χ3v) is 8.31. The molecule has 0 nitrogen and oxygen atoms in total. The Balaban J connectivity index is 1.61. The van der Waals surface area contributed by atoms with Gasteiger partial charge in [-0.25, -0.2) is 0 Å². The van der Waals surface area contributed by atoms with Crippen LogP contribution in [0.4, 0.5) is 0 Å². The zero-order valence-electron chi connectivity index (χ0n) is 12.6. The first-order chi connectivity index (χ1) is 9.40. The summed E-state index contributed by atoms with van der Waals surface area (Å²) in [4.78, 5) is 2.10. The van der Waals surface area contributed by atoms with E-state index in [2.05, 4.69) is 47.3 Å². The van der Waals surface area contributed by atoms with Crippen LogP contribution in [0, 0.1) is 22.2 Å². The highest BCUT2D eigenvalue weighted by Gasteiger charge is 2.60. The molecule has 20 heavy (non-hydrogen) atoms. The molecule has 0 aromatic carbocycles. The molecule has 4 saturated carbocycles. The highest BCUT2D eigenvalue weighted by molar-refractivity contribution is 9.09. The topological polar surface area (TPSA) is 0 Å². The fourth-order valence-electron chi connectivity index (χ4n) is 6.86. The normalized spacial score (nSPS) is 47.6. The SMILES string of the molecule is CC12CC3CC(C)(C1)CC(CC(Br)c1cccs1)(C3)C2. The minimum Gasteiger partial charge on any atom is -0.148 e. The summed E-state index contributed by atoms with van der Waals surface area (Å²) < 4.78 is 0. The molecule has 0 amide bonds. The molecule has 4 fully saturated rings. The van der Waals surface area contributed by atoms with Gasteiger partial charge in [-0.2, -0.15) is 0 Å². The van der Waals surface area contributed by atoms with Gasteiger partial charge >= 0.3 is 0 Å². The van der Waals surface area contributed by atoms with Gasteiger partial charge in [0.25, 0.3) is 0 Å². The van der Waals surface area contributed by atoms with Gasteiger partial charge < -0.3 is 0 Å². The lowest BCUT2D eigenvalue weighted by molar-refractivity contribution is -0.147. The second-order valence-electron chi connectivity index (χ2n) is 8.82. The lowest BCUT2D eigenvalue weighted by atomic mass is 9.40. The summed E-state index contributed by atoms with van der Waals surface area (Å²) in [6.07, 6.45) is 10.3. The number of hydrogen-bond acceptors (Lipinski definition) is 1. The molecule has 110 valence electrons. The van der Waals surface area contributed by atoms with Crippen molar-refractivity contribution in [2.75, 3.05) is 0 Å². The lowest BCUT2D eigenvalue weighted by Gasteiger charge is -2.66. The van der Waals surface area contributed by atoms with E-state index in [4.69, 9.17) is 0 Å². The predicted molar refractivity (Wildman–Crippen MR) is 90.4 cm³/mol. The van der Waals surface area contributed by atoms with Gasteiger partial charge in [0.2, 0.25) is 0 Å². The van der Waals surface area contributed by atoms with E-state index in [0.29, 0.717) is 21.1 Å². The van der Waals surface area contributed by atoms with Crippen molar-refractivity contribution in [3.63, 3.8) is 0 Å². The second-order valence-corrected chi connectivity index (χ2v) is 10.9. The summed E-state index contributed by atoms with van der Waals surface area (Å²) in [6, 6.07) is 4.49. The van der Waals surface area contributed by atoms with Crippen molar-refractivity contribution < 1.29 is 0 Å². The molecule has 5 rings (SSSR count). The number of alkyl halides is 1. The molecular weight excluding hydrogens is 328 g/mol. The predicted octanol–water partition coefficient (Wildman–Crippen LogP) is 6.57. The summed E-state index contributed by atoms with van der Waals surface area (Å²) in [6.45, 7) is 5.16. The van der Waals surface area contributed by atoms with Crippen LogP contribution in [0.2, 0.25) is 0 Å². The molecule has 3 unspecified atom stereocenters. The van der Waals surface area contributed by atoms with Crippen molar-refractivity contribution in [1.29, 1.82) is 0 Å². The summed E-state index contributed by atoms with van der Waals surface area (Å²) in [7, 11) is 0. The van der Waals surface area contributed by atoms with E-state index in [1.54, 1.807) is 0 Å². The largest absolute Gasteiger partial charge is 0.148 e. The second kappa shape index (κ2) is 4.35. The van der Waals surface area contributed by atoms with Gasteiger partial charge in [0.15, 0.2) is 0 Å². The van der Waals surface area contributed by atoms with Crippen LogP contribution in [0.15, 0.2) is 17.5 Å². The van der Waals surface area contributed by atoms with E-state index >= 15 is 0 Å². The molecule has 1 aromatic rings. The monoisotopic (exact) mass is 352 g/mol. The standard InChI is InChI=1S/C18H25BrS/c1-16-6-13-7-17(2,10-16)12-18(8-13,11-16)9-14(19)15-4-3-5-20-15/h3-5,13-14H,6-12H2,1-2H3. The molecule has 2 heteroatoms. The molecule has 0 radical (unpaired) electrons. The van der Waals surface area contributed by atoms with Crippen LogP contribution in [-0.2, 0) is 0 Å². The van der Waals surface area contributed by atoms with Gasteiger partial charge in [-0.05, 0) is 78.6 Å². The maximum Gasteiger partial charge on any atom is 0.0494 e. The highest BCUT2D eigenvalue weighted by Crippen LogP contribution is 2.71. The van der Waals surface area contributed by atoms with Gasteiger partial charge in [0.05, 0.1) is 0 Å². The van der Waals surface area contributed by atoms with Crippen LogP contribution < -0.4 is 0 Å². The van der Waals surface area contributed by atoms with Gasteiger partial charge in [-0.15, -0.1) is 11.3 Å². The van der Waals surface area contributed by atoms with Crippen LogP contribution in [0.1, 0.15) is 68.5 Å². The fourth-order valence-corrected chi connectivity index (χ4v) is 8.73. The molecule has 4 bridgehead atoms. The van der Waals surface area contributed by atoms with Crippen LogP contribution in [-0.4, -0.2) is 0 Å². The third kappa shape index (κ3) is 2.22.